The number of imidazole rings is 1. The average Bonchev–Trinajstić information content (AvgIpc) is 3.40. The van der Waals surface area contributed by atoms with Gasteiger partial charge in [0, 0.05) is 30.6 Å². The predicted octanol–water partition coefficient (Wildman–Crippen LogP) is -1.09. The molecule has 1 aromatic rings. The number of aromatic nitrogens is 2. The maximum atomic E-state index is 12.9. The van der Waals surface area contributed by atoms with Crippen molar-refractivity contribution in [3.8, 4) is 0 Å². The highest BCUT2D eigenvalue weighted by Crippen LogP contribution is 2.19. The third-order valence-corrected chi connectivity index (χ3v) is 5.56. The lowest BCUT2D eigenvalue weighted by molar-refractivity contribution is -0.143. The first-order valence-corrected chi connectivity index (χ1v) is 10.8. The van der Waals surface area contributed by atoms with Gasteiger partial charge in [-0.3, -0.25) is 14.4 Å². The second-order valence-electron chi connectivity index (χ2n) is 7.89. The number of aromatic amines is 1. The minimum atomic E-state index is -1.21. The van der Waals surface area contributed by atoms with Gasteiger partial charge in [0.2, 0.25) is 17.7 Å². The van der Waals surface area contributed by atoms with Crippen LogP contribution in [0.2, 0.25) is 0 Å². The second-order valence-corrected chi connectivity index (χ2v) is 8.25. The Morgan fingerprint density at radius 1 is 1.35 bits per heavy atom. The molecule has 4 atom stereocenters. The number of carboxylic acid groups (broad SMARTS) is 1. The van der Waals surface area contributed by atoms with E-state index in [1.54, 1.807) is 20.0 Å². The number of aliphatic carboxylic acids is 1. The molecule has 4 unspecified atom stereocenters. The van der Waals surface area contributed by atoms with Crippen molar-refractivity contribution < 1.29 is 24.3 Å². The summed E-state index contributed by atoms with van der Waals surface area (Å²) in [4.78, 5) is 57.8. The number of amides is 3. The van der Waals surface area contributed by atoms with Gasteiger partial charge in [0.1, 0.15) is 18.1 Å². The van der Waals surface area contributed by atoms with Crippen molar-refractivity contribution in [3.05, 3.63) is 18.2 Å². The lowest BCUT2D eigenvalue weighted by Crippen LogP contribution is -2.58. The Bertz CT molecular complexity index is 787. The number of thiol groups is 1. The summed E-state index contributed by atoms with van der Waals surface area (Å²) in [7, 11) is 0. The number of rotatable bonds is 10. The number of carbonyl (C=O) groups excluding carboxylic acids is 3. The van der Waals surface area contributed by atoms with Crippen LogP contribution in [-0.4, -0.2) is 80.1 Å². The van der Waals surface area contributed by atoms with Crippen molar-refractivity contribution in [2.24, 2.45) is 11.7 Å². The van der Waals surface area contributed by atoms with Crippen LogP contribution in [0.25, 0.3) is 0 Å². The Labute approximate surface area is 185 Å². The molecule has 1 fully saturated rings. The number of likely N-dealkylation sites (tertiary alicyclic amines) is 1. The Balaban J connectivity index is 2.04. The van der Waals surface area contributed by atoms with Crippen LogP contribution in [0.1, 0.15) is 32.4 Å². The largest absolute Gasteiger partial charge is 0.480 e. The second kappa shape index (κ2) is 11.1. The number of carbonyl (C=O) groups is 4. The quantitative estimate of drug-likeness (QED) is 0.244. The van der Waals surface area contributed by atoms with Crippen molar-refractivity contribution in [3.63, 3.8) is 0 Å². The van der Waals surface area contributed by atoms with Gasteiger partial charge < -0.3 is 31.4 Å². The molecule has 11 nitrogen and oxygen atoms in total. The molecular formula is C19H30N6O5S. The highest BCUT2D eigenvalue weighted by Gasteiger charge is 2.38. The van der Waals surface area contributed by atoms with Crippen molar-refractivity contribution in [2.45, 2.75) is 57.3 Å². The molecule has 6 N–H and O–H groups in total. The Kier molecular flexibility index (Phi) is 8.87. The van der Waals surface area contributed by atoms with E-state index in [-0.39, 0.29) is 24.0 Å². The molecule has 2 rings (SSSR count). The third-order valence-electron chi connectivity index (χ3n) is 5.19. The van der Waals surface area contributed by atoms with Gasteiger partial charge >= 0.3 is 5.97 Å². The van der Waals surface area contributed by atoms with Crippen LogP contribution >= 0.6 is 12.6 Å². The Morgan fingerprint density at radius 2 is 2.06 bits per heavy atom. The molecule has 0 aliphatic carbocycles. The van der Waals surface area contributed by atoms with E-state index in [1.165, 1.54) is 11.2 Å². The smallest absolute Gasteiger partial charge is 0.327 e. The summed E-state index contributed by atoms with van der Waals surface area (Å²) >= 11 is 3.93. The number of carboxylic acids is 1. The molecule has 0 spiro atoms. The van der Waals surface area contributed by atoms with Gasteiger partial charge in [-0.05, 0) is 18.8 Å². The SMILES string of the molecule is CC(C)C(NC(=O)C1CCCN1C(=O)C(N)Cc1cnc[nH]1)C(=O)NC(CS)C(=O)O. The van der Waals surface area contributed by atoms with Gasteiger partial charge in [-0.15, -0.1) is 0 Å². The number of hydrogen-bond donors (Lipinski definition) is 6. The molecule has 1 aliphatic rings. The minimum absolute atomic E-state index is 0.0844. The summed E-state index contributed by atoms with van der Waals surface area (Å²) in [6.45, 7) is 3.87. The van der Waals surface area contributed by atoms with E-state index < -0.39 is 42.0 Å². The third kappa shape index (κ3) is 6.44. The van der Waals surface area contributed by atoms with Crippen LogP contribution in [0.15, 0.2) is 12.5 Å². The van der Waals surface area contributed by atoms with Crippen LogP contribution in [0, 0.1) is 5.92 Å². The fraction of sp³-hybridized carbons (Fsp3) is 0.632. The first-order chi connectivity index (χ1) is 14.6. The molecule has 31 heavy (non-hydrogen) atoms. The molecule has 1 saturated heterocycles. The molecular weight excluding hydrogens is 424 g/mol. The van der Waals surface area contributed by atoms with E-state index in [0.717, 1.165) is 5.69 Å². The van der Waals surface area contributed by atoms with E-state index >= 15 is 0 Å². The standard InChI is InChI=1S/C19H30N6O5S/c1-10(2)15(17(27)23-13(8-31)19(29)30)24-16(26)14-4-3-5-25(14)18(28)12(20)6-11-7-21-9-22-11/h7,9-10,12-15,31H,3-6,8,20H2,1-2H3,(H,21,22)(H,23,27)(H,24,26)(H,29,30). The maximum absolute atomic E-state index is 12.9. The number of nitrogens with one attached hydrogen (secondary N) is 3. The van der Waals surface area contributed by atoms with Gasteiger partial charge in [0.25, 0.3) is 0 Å². The van der Waals surface area contributed by atoms with E-state index in [2.05, 4.69) is 33.2 Å². The van der Waals surface area contributed by atoms with Crippen LogP contribution < -0.4 is 16.4 Å². The Morgan fingerprint density at radius 3 is 2.61 bits per heavy atom. The topological polar surface area (TPSA) is 171 Å². The van der Waals surface area contributed by atoms with E-state index in [1.807, 2.05) is 0 Å². The van der Waals surface area contributed by atoms with Crippen molar-refractivity contribution in [1.82, 2.24) is 25.5 Å². The number of H-pyrrole nitrogens is 1. The highest BCUT2D eigenvalue weighted by atomic mass is 32.1. The molecule has 172 valence electrons. The summed E-state index contributed by atoms with van der Waals surface area (Å²) in [5.41, 5.74) is 6.77. The maximum Gasteiger partial charge on any atom is 0.327 e. The Hall–Kier alpha value is -2.60. The number of nitrogens with zero attached hydrogens (tertiary/aromatic N) is 2. The summed E-state index contributed by atoms with van der Waals surface area (Å²) in [5, 5.41) is 14.2. The van der Waals surface area contributed by atoms with Gasteiger partial charge in [0.15, 0.2) is 0 Å². The molecule has 3 amide bonds. The normalized spacial score (nSPS) is 19.0. The van der Waals surface area contributed by atoms with Gasteiger partial charge in [-0.25, -0.2) is 9.78 Å². The summed E-state index contributed by atoms with van der Waals surface area (Å²) in [6, 6.07) is -3.69. The van der Waals surface area contributed by atoms with E-state index in [9.17, 15) is 19.2 Å². The number of hydrogen-bond acceptors (Lipinski definition) is 7. The fourth-order valence-electron chi connectivity index (χ4n) is 3.47. The minimum Gasteiger partial charge on any atom is -0.480 e. The molecule has 12 heteroatoms. The van der Waals surface area contributed by atoms with Crippen molar-refractivity contribution >= 4 is 36.3 Å². The van der Waals surface area contributed by atoms with Crippen LogP contribution in [0.4, 0.5) is 0 Å². The van der Waals surface area contributed by atoms with Crippen molar-refractivity contribution in [1.29, 1.82) is 0 Å². The summed E-state index contributed by atoms with van der Waals surface area (Å²) in [6.07, 6.45) is 4.44. The van der Waals surface area contributed by atoms with Crippen molar-refractivity contribution in [2.75, 3.05) is 12.3 Å². The monoisotopic (exact) mass is 454 g/mol. The molecule has 0 radical (unpaired) electrons. The first-order valence-electron chi connectivity index (χ1n) is 10.1. The molecule has 2 heterocycles. The zero-order chi connectivity index (χ0) is 23.1. The molecule has 0 bridgehead atoms. The van der Waals surface area contributed by atoms with Crippen LogP contribution in [-0.2, 0) is 25.6 Å². The van der Waals surface area contributed by atoms with Gasteiger partial charge in [0.05, 0.1) is 12.4 Å². The van der Waals surface area contributed by atoms with E-state index in [0.29, 0.717) is 19.4 Å². The van der Waals surface area contributed by atoms with E-state index in [4.69, 9.17) is 10.8 Å². The molecule has 0 aromatic carbocycles. The zero-order valence-electron chi connectivity index (χ0n) is 17.6. The summed E-state index contributed by atoms with van der Waals surface area (Å²) in [5.74, 6) is -3.02. The average molecular weight is 455 g/mol. The fourth-order valence-corrected chi connectivity index (χ4v) is 3.72. The summed E-state index contributed by atoms with van der Waals surface area (Å²) < 4.78 is 0. The van der Waals surface area contributed by atoms with Gasteiger partial charge in [-0.2, -0.15) is 12.6 Å². The van der Waals surface area contributed by atoms with Crippen LogP contribution in [0.5, 0.6) is 0 Å². The number of nitrogens with two attached hydrogens (primary N) is 1. The lowest BCUT2D eigenvalue weighted by Gasteiger charge is -2.29. The zero-order valence-corrected chi connectivity index (χ0v) is 18.5. The van der Waals surface area contributed by atoms with Gasteiger partial charge in [-0.1, -0.05) is 13.8 Å². The molecule has 1 aromatic heterocycles. The molecule has 0 saturated carbocycles. The predicted molar refractivity (Wildman–Crippen MR) is 115 cm³/mol. The molecule has 1 aliphatic heterocycles. The van der Waals surface area contributed by atoms with Crippen LogP contribution in [0.3, 0.4) is 0 Å². The lowest BCUT2D eigenvalue weighted by atomic mass is 10.0. The highest BCUT2D eigenvalue weighted by molar-refractivity contribution is 7.80. The first kappa shape index (κ1) is 24.7.